The first-order valence-corrected chi connectivity index (χ1v) is 32.2. The van der Waals surface area contributed by atoms with Gasteiger partial charge in [0.05, 0.1) is 0 Å². The predicted octanol–water partition coefficient (Wildman–Crippen LogP) is 24.7. The van der Waals surface area contributed by atoms with Gasteiger partial charge in [-0.1, -0.05) is 230 Å². The predicted molar refractivity (Wildman–Crippen MR) is 380 cm³/mol. The minimum atomic E-state index is -0.367. The highest BCUT2D eigenvalue weighted by molar-refractivity contribution is 7.26. The van der Waals surface area contributed by atoms with Crippen molar-refractivity contribution in [3.63, 3.8) is 0 Å². The van der Waals surface area contributed by atoms with Crippen molar-refractivity contribution in [2.24, 2.45) is 0 Å². The number of hydrogen-bond acceptors (Lipinski definition) is 1. The van der Waals surface area contributed by atoms with Gasteiger partial charge in [-0.25, -0.2) is 0 Å². The van der Waals surface area contributed by atoms with Gasteiger partial charge in [0.1, 0.15) is 0 Å². The molecule has 20 rings (SSSR count). The fourth-order valence-electron chi connectivity index (χ4n) is 17.9. The standard InChI is InChI=1S/C87H58S/c1-85(2)75-45-69-58-30-14-10-26-54(58)52-24-8-12-28-56(52)66(69)42-72(75)79-81(85)78-71-41-65-55-27-11-7-23-51(55)53-25-9-13-29-57(53)68(65)44-74(71)86(3,4)82(78)80-73-43-67-60-32-16-15-31-59(60)64-40-48(37-38-61(64)70(67)46-76(73)87(5,6)83(79)80)47-21-19-22-49(39-47)50-34-20-35-63-62-33-17-18-36-77(62)88-84(50)63/h7-46H,1-6H3. The van der Waals surface area contributed by atoms with Crippen molar-refractivity contribution in [1.82, 2.24) is 0 Å². The van der Waals surface area contributed by atoms with Gasteiger partial charge in [-0.3, -0.25) is 0 Å². The molecule has 16 aromatic carbocycles. The summed E-state index contributed by atoms with van der Waals surface area (Å²) in [6.07, 6.45) is 0. The van der Waals surface area contributed by atoms with E-state index in [1.54, 1.807) is 0 Å². The van der Waals surface area contributed by atoms with E-state index in [4.69, 9.17) is 0 Å². The monoisotopic (exact) mass is 1130 g/mol. The summed E-state index contributed by atoms with van der Waals surface area (Å²) in [5.41, 5.74) is 21.1. The summed E-state index contributed by atoms with van der Waals surface area (Å²) in [5, 5.41) is 26.3. The van der Waals surface area contributed by atoms with Crippen LogP contribution in [0.4, 0.5) is 0 Å². The molecule has 0 saturated carbocycles. The Kier molecular flexibility index (Phi) is 9.38. The van der Waals surface area contributed by atoms with E-state index in [0.717, 1.165) is 0 Å². The van der Waals surface area contributed by atoms with Crippen LogP contribution in [0.5, 0.6) is 0 Å². The van der Waals surface area contributed by atoms with E-state index < -0.39 is 0 Å². The van der Waals surface area contributed by atoms with Gasteiger partial charge in [0.15, 0.2) is 0 Å². The van der Waals surface area contributed by atoms with Crippen molar-refractivity contribution < 1.29 is 0 Å². The fraction of sp³-hybridized carbons (Fsp3) is 0.103. The van der Waals surface area contributed by atoms with Gasteiger partial charge in [-0.05, 0) is 241 Å². The normalized spacial score (nSPS) is 15.0. The summed E-state index contributed by atoms with van der Waals surface area (Å²) in [4.78, 5) is 0. The molecule has 0 saturated heterocycles. The van der Waals surface area contributed by atoms with Crippen LogP contribution in [0.2, 0.25) is 0 Å². The zero-order chi connectivity index (χ0) is 58.4. The number of thiophene rings is 1. The summed E-state index contributed by atoms with van der Waals surface area (Å²) < 4.78 is 2.68. The molecular weight excluding hydrogens is 1080 g/mol. The molecule has 0 unspecified atom stereocenters. The first-order chi connectivity index (χ1) is 42.9. The van der Waals surface area contributed by atoms with Crippen molar-refractivity contribution in [3.05, 3.63) is 276 Å². The molecule has 0 atom stereocenters. The van der Waals surface area contributed by atoms with Crippen LogP contribution >= 0.6 is 11.3 Å². The van der Waals surface area contributed by atoms with Gasteiger partial charge in [-0.15, -0.1) is 11.3 Å². The average Bonchev–Trinajstić information content (AvgIpc) is 1.49. The van der Waals surface area contributed by atoms with Crippen LogP contribution < -0.4 is 0 Å². The molecule has 1 aromatic heterocycles. The van der Waals surface area contributed by atoms with Gasteiger partial charge >= 0.3 is 0 Å². The largest absolute Gasteiger partial charge is 0.135 e. The average molecular weight is 1140 g/mol. The van der Waals surface area contributed by atoms with Crippen LogP contribution in [0, 0.1) is 0 Å². The molecule has 0 radical (unpaired) electrons. The van der Waals surface area contributed by atoms with Crippen molar-refractivity contribution in [2.45, 2.75) is 57.8 Å². The minimum absolute atomic E-state index is 0.339. The lowest BCUT2D eigenvalue weighted by Gasteiger charge is -2.31. The molecule has 1 heteroatoms. The molecule has 0 N–H and O–H groups in total. The van der Waals surface area contributed by atoms with Gasteiger partial charge in [0, 0.05) is 36.4 Å². The summed E-state index contributed by atoms with van der Waals surface area (Å²) in [6, 6.07) is 93.7. The van der Waals surface area contributed by atoms with E-state index in [2.05, 4.69) is 284 Å². The lowest BCUT2D eigenvalue weighted by Crippen LogP contribution is -2.22. The van der Waals surface area contributed by atoms with E-state index in [1.165, 1.54) is 206 Å². The zero-order valence-corrected chi connectivity index (χ0v) is 50.8. The van der Waals surface area contributed by atoms with E-state index >= 15 is 0 Å². The maximum atomic E-state index is 2.65. The quantitative estimate of drug-likeness (QED) is 0.151. The van der Waals surface area contributed by atoms with E-state index in [0.29, 0.717) is 0 Å². The Hall–Kier alpha value is -9.92. The number of hydrogen-bond donors (Lipinski definition) is 0. The van der Waals surface area contributed by atoms with E-state index in [1.807, 2.05) is 11.3 Å². The number of rotatable bonds is 2. The number of benzene rings is 16. The lowest BCUT2D eigenvalue weighted by atomic mass is 9.71. The summed E-state index contributed by atoms with van der Waals surface area (Å²) >= 11 is 1.90. The molecule has 1 heterocycles. The van der Waals surface area contributed by atoms with Crippen molar-refractivity contribution in [2.75, 3.05) is 0 Å². The third-order valence-corrected chi connectivity index (χ3v) is 23.1. The van der Waals surface area contributed by atoms with Crippen LogP contribution in [0.25, 0.3) is 173 Å². The third kappa shape index (κ3) is 6.10. The number of fused-ring (bicyclic) bond motifs is 33. The SMILES string of the molecule is CC1(C)c2cc3c4ccccc4c4ccccc4c3cc2-c2c1c1c(c3c2C(C)(C)c2cc4c5ccc(-c6cccc(-c7cccc8c7sc7ccccc78)c6)cc5c5ccccc5c4cc2-3)C(C)(C)c2cc3c4ccccc4c4ccccc4c3cc2-1. The Balaban J connectivity index is 0.869. The van der Waals surface area contributed by atoms with Crippen molar-refractivity contribution in [3.8, 4) is 55.6 Å². The van der Waals surface area contributed by atoms with Gasteiger partial charge in [0.25, 0.3) is 0 Å². The zero-order valence-electron chi connectivity index (χ0n) is 50.0. The molecule has 3 aliphatic rings. The Bertz CT molecular complexity index is 6080. The Labute approximate surface area is 514 Å². The third-order valence-electron chi connectivity index (χ3n) is 21.9. The molecule has 0 bridgehead atoms. The first-order valence-electron chi connectivity index (χ1n) is 31.4. The van der Waals surface area contributed by atoms with E-state index in [-0.39, 0.29) is 16.2 Å². The molecule has 0 fully saturated rings. The molecule has 0 aliphatic heterocycles. The van der Waals surface area contributed by atoms with Crippen LogP contribution in [0.3, 0.4) is 0 Å². The molecule has 88 heavy (non-hydrogen) atoms. The highest BCUT2D eigenvalue weighted by Gasteiger charge is 2.53. The van der Waals surface area contributed by atoms with Crippen LogP contribution in [-0.4, -0.2) is 0 Å². The first kappa shape index (κ1) is 49.2. The molecule has 0 amide bonds. The highest BCUT2D eigenvalue weighted by Crippen LogP contribution is 2.69. The van der Waals surface area contributed by atoms with Gasteiger partial charge in [-0.2, -0.15) is 0 Å². The fourth-order valence-corrected chi connectivity index (χ4v) is 19.2. The summed E-state index contributed by atoms with van der Waals surface area (Å²) in [6.45, 7) is 15.3. The second-order valence-corrected chi connectivity index (χ2v) is 28.4. The maximum absolute atomic E-state index is 2.65. The smallest absolute Gasteiger partial charge is 0.0433 e. The molecule has 0 nitrogen and oxygen atoms in total. The van der Waals surface area contributed by atoms with Crippen LogP contribution in [0.1, 0.15) is 74.9 Å². The Morgan fingerprint density at radius 1 is 0.216 bits per heavy atom. The molecule has 3 aliphatic carbocycles. The second-order valence-electron chi connectivity index (χ2n) is 27.3. The summed E-state index contributed by atoms with van der Waals surface area (Å²) in [7, 11) is 0. The van der Waals surface area contributed by atoms with Crippen LogP contribution in [-0.2, 0) is 16.2 Å². The van der Waals surface area contributed by atoms with Gasteiger partial charge < -0.3 is 0 Å². The lowest BCUT2D eigenvalue weighted by molar-refractivity contribution is 0.636. The maximum Gasteiger partial charge on any atom is 0.0433 e. The Morgan fingerprint density at radius 2 is 0.523 bits per heavy atom. The van der Waals surface area contributed by atoms with E-state index in [9.17, 15) is 0 Å². The van der Waals surface area contributed by atoms with Crippen molar-refractivity contribution >= 4 is 128 Å². The molecular formula is C87H58S. The van der Waals surface area contributed by atoms with Gasteiger partial charge in [0.2, 0.25) is 0 Å². The molecule has 0 spiro atoms. The van der Waals surface area contributed by atoms with Crippen LogP contribution in [0.15, 0.2) is 243 Å². The summed E-state index contributed by atoms with van der Waals surface area (Å²) in [5.74, 6) is 0. The second kappa shape index (κ2) is 16.8. The van der Waals surface area contributed by atoms with Crippen molar-refractivity contribution in [1.29, 1.82) is 0 Å². The topological polar surface area (TPSA) is 0 Å². The highest BCUT2D eigenvalue weighted by atomic mass is 32.1. The Morgan fingerprint density at radius 3 is 0.943 bits per heavy atom. The minimum Gasteiger partial charge on any atom is -0.135 e. The molecule has 17 aromatic rings. The molecule has 412 valence electrons.